The minimum atomic E-state index is -0.490. The average Bonchev–Trinajstić information content (AvgIpc) is 3.37. The average molecular weight is 424 g/mol. The van der Waals surface area contributed by atoms with Gasteiger partial charge in [-0.1, -0.05) is 24.3 Å². The van der Waals surface area contributed by atoms with E-state index in [1.807, 2.05) is 6.07 Å². The van der Waals surface area contributed by atoms with Crippen LogP contribution >= 0.6 is 36.4 Å². The van der Waals surface area contributed by atoms with Crippen LogP contribution in [0.4, 0.5) is 4.39 Å². The Hall–Kier alpha value is -1.14. The van der Waals surface area contributed by atoms with Crippen LogP contribution < -0.4 is 0 Å². The van der Waals surface area contributed by atoms with E-state index in [1.54, 1.807) is 23.5 Å². The van der Waals surface area contributed by atoms with E-state index in [2.05, 4.69) is 27.8 Å². The maximum atomic E-state index is 14.5. The first-order valence-corrected chi connectivity index (χ1v) is 10.5. The van der Waals surface area contributed by atoms with Gasteiger partial charge in [0.2, 0.25) is 0 Å². The van der Waals surface area contributed by atoms with Gasteiger partial charge in [0, 0.05) is 29.8 Å². The Balaban J connectivity index is 0.00000210. The van der Waals surface area contributed by atoms with Crippen LogP contribution in [0.25, 0.3) is 6.08 Å². The number of piperidine rings is 1. The monoisotopic (exact) mass is 423 g/mol. The van der Waals surface area contributed by atoms with Gasteiger partial charge in [0.1, 0.15) is 5.82 Å². The van der Waals surface area contributed by atoms with E-state index in [1.165, 1.54) is 17.2 Å². The fourth-order valence-electron chi connectivity index (χ4n) is 3.64. The minimum absolute atomic E-state index is 0. The van der Waals surface area contributed by atoms with Crippen molar-refractivity contribution in [3.63, 3.8) is 0 Å². The van der Waals surface area contributed by atoms with E-state index >= 15 is 0 Å². The number of carbonyl (C=O) groups excluding carboxylic acids is 1. The van der Waals surface area contributed by atoms with Gasteiger partial charge in [-0.25, -0.2) is 4.39 Å². The molecule has 1 aliphatic heterocycles. The van der Waals surface area contributed by atoms with Crippen molar-refractivity contribution in [2.75, 3.05) is 13.1 Å². The van der Waals surface area contributed by atoms with Gasteiger partial charge in [0.05, 0.1) is 6.04 Å². The molecule has 27 heavy (non-hydrogen) atoms. The van der Waals surface area contributed by atoms with Gasteiger partial charge < -0.3 is 0 Å². The third kappa shape index (κ3) is 4.65. The summed E-state index contributed by atoms with van der Waals surface area (Å²) in [5.74, 6) is -0.0249. The molecule has 2 fully saturated rings. The van der Waals surface area contributed by atoms with Gasteiger partial charge >= 0.3 is 0 Å². The number of nitrogens with zero attached hydrogens (tertiary/aromatic N) is 1. The standard InChI is InChI=1S/C21H22FNOS2.ClH/c22-18-4-2-1-3-17(18)20(21(24)15-5-6-15)23-9-7-19(25)16(12-23)11-14-8-10-26-13-14;/h1-4,8,10-11,13,15,19-20,25H,5-7,9,12H2;1H. The smallest absolute Gasteiger partial charge is 0.157 e. The molecule has 2 heterocycles. The Bertz CT molecular complexity index is 819. The van der Waals surface area contributed by atoms with Crippen LogP contribution in [0.2, 0.25) is 0 Å². The molecule has 0 amide bonds. The number of halogens is 2. The Kier molecular flexibility index (Phi) is 6.79. The molecule has 0 N–H and O–H groups in total. The molecule has 2 nitrogen and oxygen atoms in total. The van der Waals surface area contributed by atoms with E-state index in [4.69, 9.17) is 12.6 Å². The second-order valence-corrected chi connectivity index (χ2v) is 8.55. The highest BCUT2D eigenvalue weighted by atomic mass is 35.5. The predicted molar refractivity (Wildman–Crippen MR) is 115 cm³/mol. The first-order chi connectivity index (χ1) is 12.6. The fraction of sp³-hybridized carbons (Fsp3) is 0.381. The number of carbonyl (C=O) groups is 1. The predicted octanol–water partition coefficient (Wildman–Crippen LogP) is 5.42. The summed E-state index contributed by atoms with van der Waals surface area (Å²) >= 11 is 6.40. The van der Waals surface area contributed by atoms with Crippen LogP contribution in [0.5, 0.6) is 0 Å². The van der Waals surface area contributed by atoms with Crippen molar-refractivity contribution < 1.29 is 9.18 Å². The molecule has 0 radical (unpaired) electrons. The lowest BCUT2D eigenvalue weighted by atomic mass is 9.93. The quantitative estimate of drug-likeness (QED) is 0.648. The molecule has 1 saturated carbocycles. The van der Waals surface area contributed by atoms with Gasteiger partial charge in [-0.15, -0.1) is 12.4 Å². The summed E-state index contributed by atoms with van der Waals surface area (Å²) in [5, 5.41) is 4.35. The van der Waals surface area contributed by atoms with E-state index < -0.39 is 6.04 Å². The second kappa shape index (κ2) is 8.91. The lowest BCUT2D eigenvalue weighted by Gasteiger charge is -2.37. The number of benzene rings is 1. The number of hydrogen-bond acceptors (Lipinski definition) is 4. The molecule has 4 rings (SSSR count). The highest BCUT2D eigenvalue weighted by Gasteiger charge is 2.40. The third-order valence-electron chi connectivity index (χ3n) is 5.21. The van der Waals surface area contributed by atoms with Crippen LogP contribution in [0.1, 0.15) is 36.4 Å². The number of Topliss-reactive ketones (excluding diaryl/α,β-unsaturated/α-hetero) is 1. The second-order valence-electron chi connectivity index (χ2n) is 7.15. The molecule has 1 aliphatic carbocycles. The molecular formula is C21H23ClFNOS2. The highest BCUT2D eigenvalue weighted by molar-refractivity contribution is 7.81. The van der Waals surface area contributed by atoms with Crippen molar-refractivity contribution >= 4 is 48.2 Å². The Morgan fingerprint density at radius 2 is 2.04 bits per heavy atom. The fourth-order valence-corrected chi connectivity index (χ4v) is 4.53. The van der Waals surface area contributed by atoms with Crippen molar-refractivity contribution in [2.24, 2.45) is 5.92 Å². The summed E-state index contributed by atoms with van der Waals surface area (Å²) in [4.78, 5) is 15.2. The zero-order valence-corrected chi connectivity index (χ0v) is 17.4. The number of ketones is 1. The van der Waals surface area contributed by atoms with Gasteiger partial charge in [-0.2, -0.15) is 24.0 Å². The highest BCUT2D eigenvalue weighted by Crippen LogP contribution is 2.39. The van der Waals surface area contributed by atoms with Crippen molar-refractivity contribution in [1.29, 1.82) is 0 Å². The Morgan fingerprint density at radius 3 is 2.70 bits per heavy atom. The summed E-state index contributed by atoms with van der Waals surface area (Å²) in [6, 6.07) is 8.31. The van der Waals surface area contributed by atoms with Crippen LogP contribution in [0.15, 0.2) is 46.7 Å². The summed E-state index contributed by atoms with van der Waals surface area (Å²) in [6.45, 7) is 1.41. The molecule has 1 saturated heterocycles. The van der Waals surface area contributed by atoms with Crippen LogP contribution in [-0.2, 0) is 4.79 Å². The lowest BCUT2D eigenvalue weighted by Crippen LogP contribution is -2.42. The van der Waals surface area contributed by atoms with E-state index in [0.717, 1.165) is 25.8 Å². The molecule has 144 valence electrons. The molecule has 2 aromatic rings. The number of hydrogen-bond donors (Lipinski definition) is 1. The summed E-state index contributed by atoms with van der Waals surface area (Å²) in [6.07, 6.45) is 4.90. The summed E-state index contributed by atoms with van der Waals surface area (Å²) in [7, 11) is 0. The molecule has 0 bridgehead atoms. The zero-order valence-electron chi connectivity index (χ0n) is 14.9. The maximum Gasteiger partial charge on any atom is 0.157 e. The molecule has 1 aromatic heterocycles. The number of thiophene rings is 1. The van der Waals surface area contributed by atoms with Gasteiger partial charge in [0.15, 0.2) is 5.78 Å². The van der Waals surface area contributed by atoms with Crippen LogP contribution in [-0.4, -0.2) is 29.0 Å². The van der Waals surface area contributed by atoms with Gasteiger partial charge in [-0.05, 0) is 53.3 Å². The number of rotatable bonds is 5. The van der Waals surface area contributed by atoms with E-state index in [-0.39, 0.29) is 35.2 Å². The molecule has 2 atom stereocenters. The van der Waals surface area contributed by atoms with Gasteiger partial charge in [0.25, 0.3) is 0 Å². The molecule has 6 heteroatoms. The van der Waals surface area contributed by atoms with Crippen molar-refractivity contribution in [3.8, 4) is 0 Å². The lowest BCUT2D eigenvalue weighted by molar-refractivity contribution is -0.126. The van der Waals surface area contributed by atoms with Gasteiger partial charge in [-0.3, -0.25) is 9.69 Å². The normalized spacial score (nSPS) is 23.0. The third-order valence-corrected chi connectivity index (χ3v) is 6.50. The SMILES string of the molecule is Cl.O=C(C1CC1)C(c1ccccc1F)N1CCC(S)C(=Cc2ccsc2)C1. The minimum Gasteiger partial charge on any atom is -0.297 e. The maximum absolute atomic E-state index is 14.5. The Morgan fingerprint density at radius 1 is 1.26 bits per heavy atom. The van der Waals surface area contributed by atoms with Crippen LogP contribution in [0, 0.1) is 11.7 Å². The molecule has 0 spiro atoms. The first-order valence-electron chi connectivity index (χ1n) is 9.06. The summed E-state index contributed by atoms with van der Waals surface area (Å²) < 4.78 is 14.5. The topological polar surface area (TPSA) is 20.3 Å². The largest absolute Gasteiger partial charge is 0.297 e. The zero-order chi connectivity index (χ0) is 18.1. The number of thiol groups is 1. The molecule has 2 aliphatic rings. The van der Waals surface area contributed by atoms with E-state index in [0.29, 0.717) is 12.1 Å². The van der Waals surface area contributed by atoms with Crippen molar-refractivity contribution in [1.82, 2.24) is 4.90 Å². The molecule has 1 aromatic carbocycles. The summed E-state index contributed by atoms with van der Waals surface area (Å²) in [5.41, 5.74) is 2.88. The van der Waals surface area contributed by atoms with E-state index in [9.17, 15) is 9.18 Å². The van der Waals surface area contributed by atoms with Crippen LogP contribution in [0.3, 0.4) is 0 Å². The van der Waals surface area contributed by atoms with Crippen molar-refractivity contribution in [2.45, 2.75) is 30.6 Å². The number of likely N-dealkylation sites (tertiary alicyclic amines) is 1. The Labute approximate surface area is 175 Å². The molecular weight excluding hydrogens is 401 g/mol. The van der Waals surface area contributed by atoms with Crippen molar-refractivity contribution in [3.05, 3.63) is 63.6 Å². The molecule has 2 unspecified atom stereocenters. The first kappa shape index (κ1) is 20.6.